The number of nitrogens with two attached hydrogens (primary N) is 1. The fourth-order valence-electron chi connectivity index (χ4n) is 2.11. The van der Waals surface area contributed by atoms with Gasteiger partial charge in [-0.05, 0) is 6.92 Å². The number of amides is 1. The minimum atomic E-state index is -1.01. The van der Waals surface area contributed by atoms with Gasteiger partial charge in [-0.3, -0.25) is 4.79 Å². The van der Waals surface area contributed by atoms with Crippen LogP contribution in [0.2, 0.25) is 0 Å². The van der Waals surface area contributed by atoms with E-state index in [-0.39, 0.29) is 31.3 Å². The van der Waals surface area contributed by atoms with Gasteiger partial charge in [0.25, 0.3) is 0 Å². The molecule has 1 aromatic rings. The summed E-state index contributed by atoms with van der Waals surface area (Å²) >= 11 is 0. The number of nitrogens with one attached hydrogen (secondary N) is 1. The third kappa shape index (κ3) is 2.35. The van der Waals surface area contributed by atoms with Gasteiger partial charge in [0, 0.05) is 18.9 Å². The molecule has 0 aliphatic carbocycles. The molecule has 0 radical (unpaired) electrons. The number of rotatable bonds is 3. The van der Waals surface area contributed by atoms with Crippen molar-refractivity contribution in [2.75, 3.05) is 0 Å². The Bertz CT molecular complexity index is 469. The SMILES string of the molecule is CC(N)CC(=O)N1Cc2[nH]cnc2CC1C(=O)O. The second-order valence-electron chi connectivity index (χ2n) is 4.59. The third-order valence-electron chi connectivity index (χ3n) is 3.00. The second kappa shape index (κ2) is 4.77. The van der Waals surface area contributed by atoms with Gasteiger partial charge in [-0.25, -0.2) is 9.78 Å². The number of aromatic amines is 1. The summed E-state index contributed by atoms with van der Waals surface area (Å²) < 4.78 is 0. The number of hydrogen-bond donors (Lipinski definition) is 3. The van der Waals surface area contributed by atoms with E-state index in [1.807, 2.05) is 0 Å². The first kappa shape index (κ1) is 12.6. The molecule has 0 saturated heterocycles. The van der Waals surface area contributed by atoms with E-state index in [0.717, 1.165) is 5.69 Å². The van der Waals surface area contributed by atoms with Crippen LogP contribution in [0.25, 0.3) is 0 Å². The van der Waals surface area contributed by atoms with E-state index in [4.69, 9.17) is 5.73 Å². The Balaban J connectivity index is 2.22. The number of carbonyl (C=O) groups is 2. The van der Waals surface area contributed by atoms with Crippen molar-refractivity contribution in [3.05, 3.63) is 17.7 Å². The van der Waals surface area contributed by atoms with Gasteiger partial charge < -0.3 is 20.7 Å². The van der Waals surface area contributed by atoms with E-state index >= 15 is 0 Å². The van der Waals surface area contributed by atoms with Crippen LogP contribution in [0.5, 0.6) is 0 Å². The van der Waals surface area contributed by atoms with Crippen LogP contribution >= 0.6 is 0 Å². The zero-order chi connectivity index (χ0) is 13.3. The van der Waals surface area contributed by atoms with E-state index in [2.05, 4.69) is 9.97 Å². The highest BCUT2D eigenvalue weighted by Crippen LogP contribution is 2.21. The molecule has 0 saturated carbocycles. The van der Waals surface area contributed by atoms with Crippen molar-refractivity contribution in [3.8, 4) is 0 Å². The molecule has 1 aliphatic heterocycles. The number of carboxylic acids is 1. The van der Waals surface area contributed by atoms with Gasteiger partial charge in [0.1, 0.15) is 6.04 Å². The fraction of sp³-hybridized carbons (Fsp3) is 0.545. The average molecular weight is 252 g/mol. The second-order valence-corrected chi connectivity index (χ2v) is 4.59. The predicted molar refractivity (Wildman–Crippen MR) is 62.5 cm³/mol. The lowest BCUT2D eigenvalue weighted by Gasteiger charge is -2.32. The normalized spacial score (nSPS) is 20.3. The number of fused-ring (bicyclic) bond motifs is 1. The average Bonchev–Trinajstić information content (AvgIpc) is 2.72. The molecule has 1 aliphatic rings. The smallest absolute Gasteiger partial charge is 0.326 e. The first-order chi connectivity index (χ1) is 8.49. The molecular weight excluding hydrogens is 236 g/mol. The van der Waals surface area contributed by atoms with Crippen LogP contribution in [0, 0.1) is 0 Å². The molecule has 0 aromatic carbocycles. The maximum atomic E-state index is 12.0. The topological polar surface area (TPSA) is 112 Å². The number of aromatic nitrogens is 2. The van der Waals surface area contributed by atoms with Gasteiger partial charge in [-0.15, -0.1) is 0 Å². The Kier molecular flexibility index (Phi) is 3.33. The minimum absolute atomic E-state index is 0.146. The quantitative estimate of drug-likeness (QED) is 0.670. The molecule has 7 heteroatoms. The zero-order valence-electron chi connectivity index (χ0n) is 10.1. The first-order valence-corrected chi connectivity index (χ1v) is 5.78. The summed E-state index contributed by atoms with van der Waals surface area (Å²) in [5, 5.41) is 9.19. The Morgan fingerprint density at radius 1 is 1.72 bits per heavy atom. The van der Waals surface area contributed by atoms with Gasteiger partial charge in [-0.1, -0.05) is 0 Å². The van der Waals surface area contributed by atoms with E-state index in [1.165, 1.54) is 11.2 Å². The third-order valence-corrected chi connectivity index (χ3v) is 3.00. The standard InChI is InChI=1S/C11H16N4O3/c1-6(12)2-10(16)15-4-8-7(13-5-14-8)3-9(15)11(17)18/h5-6,9H,2-4,12H2,1H3,(H,13,14)(H,17,18). The van der Waals surface area contributed by atoms with Gasteiger partial charge >= 0.3 is 5.97 Å². The molecule has 2 heterocycles. The van der Waals surface area contributed by atoms with Crippen molar-refractivity contribution >= 4 is 11.9 Å². The Hall–Kier alpha value is -1.89. The molecule has 0 spiro atoms. The molecule has 2 atom stereocenters. The van der Waals surface area contributed by atoms with Crippen LogP contribution in [0.3, 0.4) is 0 Å². The Morgan fingerprint density at radius 3 is 3.06 bits per heavy atom. The maximum Gasteiger partial charge on any atom is 0.326 e. The molecule has 1 aromatic heterocycles. The molecule has 98 valence electrons. The van der Waals surface area contributed by atoms with Crippen molar-refractivity contribution < 1.29 is 14.7 Å². The van der Waals surface area contributed by atoms with Gasteiger partial charge in [-0.2, -0.15) is 0 Å². The molecule has 18 heavy (non-hydrogen) atoms. The molecule has 0 bridgehead atoms. The summed E-state index contributed by atoms with van der Waals surface area (Å²) in [7, 11) is 0. The summed E-state index contributed by atoms with van der Waals surface area (Å²) in [6.07, 6.45) is 1.90. The Morgan fingerprint density at radius 2 is 2.44 bits per heavy atom. The highest BCUT2D eigenvalue weighted by Gasteiger charge is 2.35. The van der Waals surface area contributed by atoms with Crippen LogP contribution in [-0.2, 0) is 22.6 Å². The number of H-pyrrole nitrogens is 1. The number of aliphatic carboxylic acids is 1. The van der Waals surface area contributed by atoms with Crippen LogP contribution in [-0.4, -0.2) is 43.9 Å². The fourth-order valence-corrected chi connectivity index (χ4v) is 2.11. The van der Waals surface area contributed by atoms with Crippen LogP contribution < -0.4 is 5.73 Å². The molecular formula is C11H16N4O3. The monoisotopic (exact) mass is 252 g/mol. The summed E-state index contributed by atoms with van der Waals surface area (Å²) in [6.45, 7) is 1.97. The van der Waals surface area contributed by atoms with Crippen molar-refractivity contribution in [1.82, 2.24) is 14.9 Å². The highest BCUT2D eigenvalue weighted by molar-refractivity contribution is 5.84. The van der Waals surface area contributed by atoms with Crippen LogP contribution in [0.15, 0.2) is 6.33 Å². The van der Waals surface area contributed by atoms with E-state index < -0.39 is 12.0 Å². The molecule has 4 N–H and O–H groups in total. The number of hydrogen-bond acceptors (Lipinski definition) is 4. The summed E-state index contributed by atoms with van der Waals surface area (Å²) in [5.41, 5.74) is 7.09. The van der Waals surface area contributed by atoms with Crippen molar-refractivity contribution in [1.29, 1.82) is 0 Å². The summed E-state index contributed by atoms with van der Waals surface area (Å²) in [4.78, 5) is 31.6. The van der Waals surface area contributed by atoms with Crippen LogP contribution in [0.1, 0.15) is 24.7 Å². The van der Waals surface area contributed by atoms with Crippen LogP contribution in [0.4, 0.5) is 0 Å². The van der Waals surface area contributed by atoms with E-state index in [1.54, 1.807) is 6.92 Å². The van der Waals surface area contributed by atoms with Crippen molar-refractivity contribution in [3.63, 3.8) is 0 Å². The van der Waals surface area contributed by atoms with Gasteiger partial charge in [0.05, 0.1) is 24.3 Å². The molecule has 0 fully saturated rings. The minimum Gasteiger partial charge on any atom is -0.480 e. The molecule has 2 unspecified atom stereocenters. The molecule has 2 rings (SSSR count). The largest absolute Gasteiger partial charge is 0.480 e. The van der Waals surface area contributed by atoms with Gasteiger partial charge in [0.15, 0.2) is 0 Å². The summed E-state index contributed by atoms with van der Waals surface area (Å²) in [6, 6.07) is -1.14. The van der Waals surface area contributed by atoms with Crippen molar-refractivity contribution in [2.45, 2.75) is 38.4 Å². The zero-order valence-corrected chi connectivity index (χ0v) is 10.1. The number of imidazole rings is 1. The highest BCUT2D eigenvalue weighted by atomic mass is 16.4. The molecule has 7 nitrogen and oxygen atoms in total. The van der Waals surface area contributed by atoms with Crippen molar-refractivity contribution in [2.24, 2.45) is 5.73 Å². The lowest BCUT2D eigenvalue weighted by Crippen LogP contribution is -2.49. The number of nitrogens with zero attached hydrogens (tertiary/aromatic N) is 2. The Labute approximate surface area is 104 Å². The lowest BCUT2D eigenvalue weighted by molar-refractivity contribution is -0.151. The van der Waals surface area contributed by atoms with E-state index in [0.29, 0.717) is 5.69 Å². The van der Waals surface area contributed by atoms with Gasteiger partial charge in [0.2, 0.25) is 5.91 Å². The lowest BCUT2D eigenvalue weighted by atomic mass is 10.0. The maximum absolute atomic E-state index is 12.0. The first-order valence-electron chi connectivity index (χ1n) is 5.78. The molecule has 1 amide bonds. The number of carboxylic acid groups (broad SMARTS) is 1. The summed E-state index contributed by atoms with van der Waals surface area (Å²) in [5.74, 6) is -1.25. The number of carbonyl (C=O) groups excluding carboxylic acids is 1. The van der Waals surface area contributed by atoms with E-state index in [9.17, 15) is 14.7 Å². The predicted octanol–water partition coefficient (Wildman–Crippen LogP) is -0.515.